The third-order valence-corrected chi connectivity index (χ3v) is 8.51. The van der Waals surface area contributed by atoms with Gasteiger partial charge in [-0.05, 0) is 73.5 Å². The Bertz CT molecular complexity index is 1010. The van der Waals surface area contributed by atoms with Gasteiger partial charge in [0.15, 0.2) is 0 Å². The van der Waals surface area contributed by atoms with E-state index in [2.05, 4.69) is 31.3 Å². The van der Waals surface area contributed by atoms with Crippen LogP contribution in [0.4, 0.5) is 4.39 Å². The minimum atomic E-state index is -0.758. The third kappa shape index (κ3) is 4.40. The Morgan fingerprint density at radius 1 is 1.29 bits per heavy atom. The number of allylic oxidation sites excluding steroid dienone is 2. The predicted octanol–water partition coefficient (Wildman–Crippen LogP) is 6.02. The van der Waals surface area contributed by atoms with E-state index in [-0.39, 0.29) is 24.2 Å². The van der Waals surface area contributed by atoms with Crippen LogP contribution in [0.3, 0.4) is 0 Å². The number of aliphatic carboxylic acids is 1. The number of unbranched alkanes of at least 4 members (excludes halogenated alkanes) is 1. The fourth-order valence-corrected chi connectivity index (χ4v) is 6.53. The van der Waals surface area contributed by atoms with E-state index < -0.39 is 5.97 Å². The maximum absolute atomic E-state index is 13.7. The summed E-state index contributed by atoms with van der Waals surface area (Å²) in [5, 5.41) is 14.6. The van der Waals surface area contributed by atoms with Crippen molar-refractivity contribution in [1.82, 2.24) is 5.32 Å². The SMILES string of the molecule is CC1(C)[C@H]2C[C@H](NC(=O)c3csc4ccc(F)cc34)[C@H](C/C=C\CCCC(=O)O)[C@@H]1C2. The van der Waals surface area contributed by atoms with Gasteiger partial charge in [-0.2, -0.15) is 0 Å². The number of fused-ring (bicyclic) bond motifs is 3. The monoisotopic (exact) mass is 443 g/mol. The molecule has 31 heavy (non-hydrogen) atoms. The molecule has 3 aliphatic carbocycles. The van der Waals surface area contributed by atoms with Crippen molar-refractivity contribution < 1.29 is 19.1 Å². The smallest absolute Gasteiger partial charge is 0.303 e. The van der Waals surface area contributed by atoms with Crippen molar-refractivity contribution in [3.05, 3.63) is 47.1 Å². The highest BCUT2D eigenvalue weighted by molar-refractivity contribution is 7.17. The molecule has 1 aromatic heterocycles. The molecule has 3 aliphatic rings. The molecule has 2 N–H and O–H groups in total. The molecule has 4 atom stereocenters. The van der Waals surface area contributed by atoms with E-state index in [0.29, 0.717) is 40.5 Å². The molecule has 5 rings (SSSR count). The second-order valence-electron chi connectivity index (χ2n) is 9.62. The van der Waals surface area contributed by atoms with Crippen molar-refractivity contribution >= 4 is 33.3 Å². The zero-order chi connectivity index (χ0) is 22.2. The Morgan fingerprint density at radius 2 is 2.10 bits per heavy atom. The summed E-state index contributed by atoms with van der Waals surface area (Å²) in [4.78, 5) is 23.8. The Morgan fingerprint density at radius 3 is 2.84 bits per heavy atom. The molecule has 0 saturated heterocycles. The highest BCUT2D eigenvalue weighted by atomic mass is 32.1. The highest BCUT2D eigenvalue weighted by Crippen LogP contribution is 2.62. The molecule has 0 radical (unpaired) electrons. The summed E-state index contributed by atoms with van der Waals surface area (Å²) in [7, 11) is 0. The zero-order valence-electron chi connectivity index (χ0n) is 18.1. The Labute approximate surface area is 186 Å². The van der Waals surface area contributed by atoms with Crippen LogP contribution in [0.1, 0.15) is 62.7 Å². The first-order chi connectivity index (χ1) is 14.8. The summed E-state index contributed by atoms with van der Waals surface area (Å²) in [5.74, 6) is 0.350. The molecule has 2 bridgehead atoms. The molecule has 0 spiro atoms. The van der Waals surface area contributed by atoms with Crippen molar-refractivity contribution in [2.24, 2.45) is 23.2 Å². The first-order valence-corrected chi connectivity index (χ1v) is 12.0. The quantitative estimate of drug-likeness (QED) is 0.387. The number of carbonyl (C=O) groups excluding carboxylic acids is 1. The summed E-state index contributed by atoms with van der Waals surface area (Å²) >= 11 is 1.47. The lowest BCUT2D eigenvalue weighted by Gasteiger charge is -2.62. The fourth-order valence-electron chi connectivity index (χ4n) is 5.60. The van der Waals surface area contributed by atoms with E-state index in [9.17, 15) is 14.0 Å². The molecular formula is C25H30FNO3S. The molecule has 166 valence electrons. The first kappa shape index (κ1) is 22.0. The van der Waals surface area contributed by atoms with Gasteiger partial charge in [0.1, 0.15) is 5.82 Å². The number of hydrogen-bond acceptors (Lipinski definition) is 3. The molecule has 6 heteroatoms. The lowest BCUT2D eigenvalue weighted by atomic mass is 9.44. The van der Waals surface area contributed by atoms with E-state index in [1.807, 2.05) is 5.38 Å². The normalized spacial score (nSPS) is 26.7. The molecule has 1 heterocycles. The average Bonchev–Trinajstić information content (AvgIpc) is 3.13. The largest absolute Gasteiger partial charge is 0.481 e. The topological polar surface area (TPSA) is 66.4 Å². The van der Waals surface area contributed by atoms with Gasteiger partial charge in [0, 0.05) is 27.9 Å². The summed E-state index contributed by atoms with van der Waals surface area (Å²) < 4.78 is 14.6. The van der Waals surface area contributed by atoms with E-state index in [1.165, 1.54) is 29.9 Å². The summed E-state index contributed by atoms with van der Waals surface area (Å²) in [6.07, 6.45) is 8.92. The third-order valence-electron chi connectivity index (χ3n) is 7.55. The Hall–Kier alpha value is -2.21. The molecule has 2 aromatic rings. The maximum Gasteiger partial charge on any atom is 0.303 e. The van der Waals surface area contributed by atoms with Crippen LogP contribution in [0.15, 0.2) is 35.7 Å². The van der Waals surface area contributed by atoms with Gasteiger partial charge in [0.25, 0.3) is 5.91 Å². The maximum atomic E-state index is 13.7. The molecular weight excluding hydrogens is 413 g/mol. The number of carbonyl (C=O) groups is 2. The van der Waals surface area contributed by atoms with Gasteiger partial charge in [-0.3, -0.25) is 9.59 Å². The molecule has 1 aromatic carbocycles. The highest BCUT2D eigenvalue weighted by Gasteiger charge is 2.57. The summed E-state index contributed by atoms with van der Waals surface area (Å²) in [6, 6.07) is 4.70. The second-order valence-corrected chi connectivity index (χ2v) is 10.5. The van der Waals surface area contributed by atoms with Gasteiger partial charge in [0.2, 0.25) is 0 Å². The van der Waals surface area contributed by atoms with Crippen molar-refractivity contribution in [3.63, 3.8) is 0 Å². The fraction of sp³-hybridized carbons (Fsp3) is 0.520. The van der Waals surface area contributed by atoms with E-state index in [4.69, 9.17) is 5.11 Å². The lowest BCUT2D eigenvalue weighted by molar-refractivity contribution is -0.137. The van der Waals surface area contributed by atoms with Crippen LogP contribution in [0, 0.1) is 29.0 Å². The van der Waals surface area contributed by atoms with Crippen LogP contribution in [0.2, 0.25) is 0 Å². The van der Waals surface area contributed by atoms with Gasteiger partial charge in [-0.25, -0.2) is 4.39 Å². The number of halogens is 1. The van der Waals surface area contributed by atoms with Gasteiger partial charge < -0.3 is 10.4 Å². The first-order valence-electron chi connectivity index (χ1n) is 11.1. The van der Waals surface area contributed by atoms with Crippen molar-refractivity contribution in [1.29, 1.82) is 0 Å². The summed E-state index contributed by atoms with van der Waals surface area (Å²) in [5.41, 5.74) is 0.849. The number of hydrogen-bond donors (Lipinski definition) is 2. The number of nitrogens with one attached hydrogen (secondary N) is 1. The molecule has 1 amide bonds. The Kier molecular flexibility index (Phi) is 6.20. The zero-order valence-corrected chi connectivity index (χ0v) is 18.9. The van der Waals surface area contributed by atoms with Gasteiger partial charge >= 0.3 is 5.97 Å². The Balaban J connectivity index is 1.45. The summed E-state index contributed by atoms with van der Waals surface area (Å²) in [6.45, 7) is 4.67. The van der Waals surface area contributed by atoms with Crippen LogP contribution in [-0.2, 0) is 4.79 Å². The number of carboxylic acids is 1. The number of rotatable bonds is 8. The van der Waals surface area contributed by atoms with E-state index >= 15 is 0 Å². The van der Waals surface area contributed by atoms with Gasteiger partial charge in [-0.1, -0.05) is 26.0 Å². The van der Waals surface area contributed by atoms with Crippen LogP contribution in [0.5, 0.6) is 0 Å². The van der Waals surface area contributed by atoms with Crippen LogP contribution in [-0.4, -0.2) is 23.0 Å². The van der Waals surface area contributed by atoms with Crippen LogP contribution >= 0.6 is 11.3 Å². The van der Waals surface area contributed by atoms with Gasteiger partial charge in [0.05, 0.1) is 5.56 Å². The minimum absolute atomic E-state index is 0.108. The van der Waals surface area contributed by atoms with E-state index in [0.717, 1.165) is 24.0 Å². The van der Waals surface area contributed by atoms with Crippen LogP contribution < -0.4 is 5.32 Å². The van der Waals surface area contributed by atoms with Gasteiger partial charge in [-0.15, -0.1) is 11.3 Å². The molecule has 0 unspecified atom stereocenters. The predicted molar refractivity (Wildman–Crippen MR) is 122 cm³/mol. The van der Waals surface area contributed by atoms with Crippen molar-refractivity contribution in [2.45, 2.75) is 58.4 Å². The minimum Gasteiger partial charge on any atom is -0.481 e. The number of amides is 1. The van der Waals surface area contributed by atoms with Crippen LogP contribution in [0.25, 0.3) is 10.1 Å². The number of carboxylic acid groups (broad SMARTS) is 1. The molecule has 4 nitrogen and oxygen atoms in total. The lowest BCUT2D eigenvalue weighted by Crippen LogP contribution is -2.61. The standard InChI is InChI=1S/C25H30FNO3S/c1-25(2)15-11-20(25)17(7-5-3-4-6-8-23(28)29)21(12-15)27-24(30)19-14-31-22-10-9-16(26)13-18(19)22/h3,5,9-10,13-15,17,20-21H,4,6-8,11-12H2,1-2H3,(H,27,30)(H,28,29)/b5-3-/t15-,17-,20+,21+/m1/s1. The average molecular weight is 444 g/mol. The molecule has 3 saturated carbocycles. The number of thiophene rings is 1. The molecule has 0 aliphatic heterocycles. The van der Waals surface area contributed by atoms with Crippen molar-refractivity contribution in [2.75, 3.05) is 0 Å². The molecule has 3 fully saturated rings. The second kappa shape index (κ2) is 8.73. The number of benzene rings is 1. The van der Waals surface area contributed by atoms with Crippen molar-refractivity contribution in [3.8, 4) is 0 Å². The van der Waals surface area contributed by atoms with E-state index in [1.54, 1.807) is 6.07 Å².